The van der Waals surface area contributed by atoms with Crippen molar-refractivity contribution in [1.29, 1.82) is 0 Å². The molecule has 0 amide bonds. The van der Waals surface area contributed by atoms with E-state index in [9.17, 15) is 0 Å². The molecule has 0 aliphatic carbocycles. The molecule has 0 aliphatic heterocycles. The summed E-state index contributed by atoms with van der Waals surface area (Å²) < 4.78 is 6.91. The van der Waals surface area contributed by atoms with E-state index in [-0.39, 0.29) is 12.6 Å². The Morgan fingerprint density at radius 3 is 2.76 bits per heavy atom. The number of benzene rings is 1. The zero-order chi connectivity index (χ0) is 15.1. The lowest BCUT2D eigenvalue weighted by Crippen LogP contribution is -2.18. The van der Waals surface area contributed by atoms with Gasteiger partial charge in [0, 0.05) is 31.9 Å². The zero-order valence-electron chi connectivity index (χ0n) is 12.5. The molecule has 6 heteroatoms. The highest BCUT2D eigenvalue weighted by atomic mass is 16.5. The number of aliphatic hydroxyl groups excluding tert-OH is 1. The van der Waals surface area contributed by atoms with Gasteiger partial charge in [-0.2, -0.15) is 0 Å². The summed E-state index contributed by atoms with van der Waals surface area (Å²) in [5.74, 6) is 0.859. The molecule has 0 spiro atoms. The Balaban J connectivity index is 1.85. The van der Waals surface area contributed by atoms with Gasteiger partial charge in [-0.1, -0.05) is 17.3 Å². The van der Waals surface area contributed by atoms with Crippen molar-refractivity contribution in [2.24, 2.45) is 0 Å². The number of methoxy groups -OCH3 is 1. The van der Waals surface area contributed by atoms with Crippen molar-refractivity contribution >= 4 is 0 Å². The van der Waals surface area contributed by atoms with E-state index in [0.29, 0.717) is 19.5 Å². The first-order chi connectivity index (χ1) is 10.2. The number of aryl methyl sites for hydroxylation is 1. The van der Waals surface area contributed by atoms with Crippen LogP contribution < -0.4 is 10.1 Å². The van der Waals surface area contributed by atoms with Crippen LogP contribution in [-0.2, 0) is 13.1 Å². The lowest BCUT2D eigenvalue weighted by atomic mass is 10.1. The van der Waals surface area contributed by atoms with E-state index in [1.807, 2.05) is 18.3 Å². The normalized spacial score (nSPS) is 12.3. The highest BCUT2D eigenvalue weighted by Crippen LogP contribution is 2.17. The van der Waals surface area contributed by atoms with Gasteiger partial charge >= 0.3 is 0 Å². The van der Waals surface area contributed by atoms with Crippen LogP contribution >= 0.6 is 0 Å². The number of ether oxygens (including phenoxy) is 1. The Labute approximate surface area is 124 Å². The van der Waals surface area contributed by atoms with Crippen LogP contribution in [0.1, 0.15) is 30.6 Å². The summed E-state index contributed by atoms with van der Waals surface area (Å²) >= 11 is 0. The van der Waals surface area contributed by atoms with Gasteiger partial charge in [-0.25, -0.2) is 0 Å². The van der Waals surface area contributed by atoms with E-state index in [2.05, 4.69) is 34.7 Å². The van der Waals surface area contributed by atoms with Crippen molar-refractivity contribution in [3.8, 4) is 5.75 Å². The average molecular weight is 290 g/mol. The predicted octanol–water partition coefficient (Wildman–Crippen LogP) is 1.52. The molecular formula is C15H22N4O2. The van der Waals surface area contributed by atoms with Gasteiger partial charge in [0.1, 0.15) is 5.75 Å². The van der Waals surface area contributed by atoms with Gasteiger partial charge in [0.25, 0.3) is 0 Å². The first-order valence-corrected chi connectivity index (χ1v) is 7.10. The maximum absolute atomic E-state index is 8.79. The third-order valence-electron chi connectivity index (χ3n) is 3.34. The number of nitrogens with one attached hydrogen (secondary N) is 1. The van der Waals surface area contributed by atoms with Crippen LogP contribution in [0.4, 0.5) is 0 Å². The smallest absolute Gasteiger partial charge is 0.118 e. The van der Waals surface area contributed by atoms with Gasteiger partial charge in [-0.15, -0.1) is 5.10 Å². The quantitative estimate of drug-likeness (QED) is 0.771. The fraction of sp³-hybridized carbons (Fsp3) is 0.467. The molecule has 0 aliphatic rings. The molecule has 21 heavy (non-hydrogen) atoms. The molecule has 1 atom stereocenters. The number of rotatable bonds is 8. The van der Waals surface area contributed by atoms with Crippen molar-refractivity contribution in [1.82, 2.24) is 20.3 Å². The summed E-state index contributed by atoms with van der Waals surface area (Å²) in [5.41, 5.74) is 2.09. The Morgan fingerprint density at radius 1 is 1.33 bits per heavy atom. The second-order valence-corrected chi connectivity index (χ2v) is 4.93. The molecule has 0 fully saturated rings. The minimum absolute atomic E-state index is 0.169. The van der Waals surface area contributed by atoms with Crippen LogP contribution in [0.15, 0.2) is 30.5 Å². The minimum atomic E-state index is 0.169. The van der Waals surface area contributed by atoms with E-state index in [4.69, 9.17) is 9.84 Å². The van der Waals surface area contributed by atoms with Crippen LogP contribution in [0.5, 0.6) is 5.75 Å². The number of aromatic nitrogens is 3. The third-order valence-corrected chi connectivity index (χ3v) is 3.34. The summed E-state index contributed by atoms with van der Waals surface area (Å²) in [4.78, 5) is 0. The molecule has 2 aromatic rings. The van der Waals surface area contributed by atoms with Crippen molar-refractivity contribution in [2.75, 3.05) is 13.7 Å². The van der Waals surface area contributed by atoms with Crippen LogP contribution in [0.3, 0.4) is 0 Å². The van der Waals surface area contributed by atoms with E-state index in [0.717, 1.165) is 11.4 Å². The lowest BCUT2D eigenvalue weighted by Gasteiger charge is -2.13. The van der Waals surface area contributed by atoms with Gasteiger partial charge < -0.3 is 15.2 Å². The summed E-state index contributed by atoms with van der Waals surface area (Å²) in [6, 6.07) is 8.24. The number of nitrogens with zero attached hydrogens (tertiary/aromatic N) is 3. The van der Waals surface area contributed by atoms with Crippen LogP contribution in [0, 0.1) is 0 Å². The van der Waals surface area contributed by atoms with Crippen LogP contribution in [0.2, 0.25) is 0 Å². The molecule has 0 radical (unpaired) electrons. The first-order valence-electron chi connectivity index (χ1n) is 7.10. The van der Waals surface area contributed by atoms with E-state index in [1.165, 1.54) is 5.56 Å². The second-order valence-electron chi connectivity index (χ2n) is 4.93. The van der Waals surface area contributed by atoms with E-state index < -0.39 is 0 Å². The molecule has 0 bridgehead atoms. The first kappa shape index (κ1) is 15.5. The summed E-state index contributed by atoms with van der Waals surface area (Å²) in [5, 5.41) is 20.3. The summed E-state index contributed by atoms with van der Waals surface area (Å²) in [6.45, 7) is 3.63. The maximum Gasteiger partial charge on any atom is 0.118 e. The molecular weight excluding hydrogens is 268 g/mol. The second kappa shape index (κ2) is 7.75. The molecule has 6 nitrogen and oxygen atoms in total. The number of hydrogen-bond acceptors (Lipinski definition) is 5. The highest BCUT2D eigenvalue weighted by molar-refractivity contribution is 5.28. The number of hydrogen-bond donors (Lipinski definition) is 2. The molecule has 0 unspecified atom stereocenters. The van der Waals surface area contributed by atoms with Gasteiger partial charge in [-0.3, -0.25) is 4.68 Å². The lowest BCUT2D eigenvalue weighted by molar-refractivity contribution is 0.276. The van der Waals surface area contributed by atoms with E-state index >= 15 is 0 Å². The fourth-order valence-corrected chi connectivity index (χ4v) is 2.03. The SMILES string of the molecule is COc1ccc([C@H](C)NCc2cn(CCCO)nn2)cc1. The Morgan fingerprint density at radius 2 is 2.10 bits per heavy atom. The molecule has 1 aromatic carbocycles. The van der Waals surface area contributed by atoms with Crippen molar-refractivity contribution in [3.63, 3.8) is 0 Å². The minimum Gasteiger partial charge on any atom is -0.497 e. The van der Waals surface area contributed by atoms with Gasteiger partial charge in [-0.05, 0) is 31.0 Å². The molecule has 1 heterocycles. The standard InChI is InChI=1S/C15H22N4O2/c1-12(13-4-6-15(21-2)7-5-13)16-10-14-11-19(18-17-14)8-3-9-20/h4-7,11-12,16,20H,3,8-10H2,1-2H3/t12-/m0/s1. The fourth-order valence-electron chi connectivity index (χ4n) is 2.03. The monoisotopic (exact) mass is 290 g/mol. The maximum atomic E-state index is 8.79. The van der Waals surface area contributed by atoms with Gasteiger partial charge in [0.05, 0.1) is 12.8 Å². The van der Waals surface area contributed by atoms with Crippen molar-refractivity contribution in [3.05, 3.63) is 41.7 Å². The Kier molecular flexibility index (Phi) is 5.71. The molecule has 114 valence electrons. The molecule has 1 aromatic heterocycles. The zero-order valence-corrected chi connectivity index (χ0v) is 12.5. The molecule has 0 saturated heterocycles. The number of aliphatic hydroxyl groups is 1. The van der Waals surface area contributed by atoms with E-state index in [1.54, 1.807) is 11.8 Å². The Hall–Kier alpha value is -1.92. The third kappa shape index (κ3) is 4.54. The van der Waals surface area contributed by atoms with Gasteiger partial charge in [0.2, 0.25) is 0 Å². The molecule has 2 N–H and O–H groups in total. The highest BCUT2D eigenvalue weighted by Gasteiger charge is 2.07. The molecule has 2 rings (SSSR count). The largest absolute Gasteiger partial charge is 0.497 e. The predicted molar refractivity (Wildman–Crippen MR) is 80.0 cm³/mol. The van der Waals surface area contributed by atoms with Crippen LogP contribution in [0.25, 0.3) is 0 Å². The van der Waals surface area contributed by atoms with Crippen molar-refractivity contribution in [2.45, 2.75) is 32.5 Å². The van der Waals surface area contributed by atoms with Crippen molar-refractivity contribution < 1.29 is 9.84 Å². The average Bonchev–Trinajstić information content (AvgIpc) is 2.98. The molecule has 0 saturated carbocycles. The Bertz CT molecular complexity index is 539. The van der Waals surface area contributed by atoms with Gasteiger partial charge in [0.15, 0.2) is 0 Å². The summed E-state index contributed by atoms with van der Waals surface area (Å²) in [7, 11) is 1.66. The summed E-state index contributed by atoms with van der Waals surface area (Å²) in [6.07, 6.45) is 2.60. The van der Waals surface area contributed by atoms with Crippen LogP contribution in [-0.4, -0.2) is 33.8 Å². The topological polar surface area (TPSA) is 72.2 Å².